The van der Waals surface area contributed by atoms with E-state index >= 15 is 0 Å². The van der Waals surface area contributed by atoms with E-state index in [0.717, 1.165) is 26.0 Å². The summed E-state index contributed by atoms with van der Waals surface area (Å²) in [5.74, 6) is 0. The molecule has 0 unspecified atom stereocenters. The molecule has 0 saturated carbocycles. The molecule has 0 fully saturated rings. The maximum Gasteiger partial charge on any atom is 0.0642 e. The lowest BCUT2D eigenvalue weighted by Gasteiger charge is -2.06. The van der Waals surface area contributed by atoms with E-state index in [4.69, 9.17) is 23.2 Å². The van der Waals surface area contributed by atoms with E-state index in [9.17, 15) is 0 Å². The Morgan fingerprint density at radius 1 is 0.947 bits per heavy atom. The molecule has 0 aliphatic rings. The highest BCUT2D eigenvalue weighted by Gasteiger charge is 2.09. The summed E-state index contributed by atoms with van der Waals surface area (Å²) >= 11 is 14.2. The monoisotopic (exact) mass is 307 g/mol. The summed E-state index contributed by atoms with van der Waals surface area (Å²) in [6, 6.07) is 15.9. The Bertz CT molecular complexity index is 721. The van der Waals surface area contributed by atoms with Crippen LogP contribution in [-0.4, -0.2) is 0 Å². The average molecular weight is 308 g/mol. The molecule has 0 radical (unpaired) electrons. The highest BCUT2D eigenvalue weighted by molar-refractivity contribution is 7.19. The standard InChI is InChI=1S/C15H11Cl2NS/c16-11-6-2-3-7-12(11)18-9-14-15(17)10-5-1-4-8-13(10)19-14/h1-8,18H,9H2. The van der Waals surface area contributed by atoms with E-state index in [0.29, 0.717) is 6.54 Å². The Labute approximate surface area is 125 Å². The van der Waals surface area contributed by atoms with E-state index in [1.807, 2.05) is 42.5 Å². The Morgan fingerprint density at radius 2 is 1.68 bits per heavy atom. The quantitative estimate of drug-likeness (QED) is 0.643. The van der Waals surface area contributed by atoms with Gasteiger partial charge in [0.25, 0.3) is 0 Å². The summed E-state index contributed by atoms with van der Waals surface area (Å²) in [5, 5.41) is 6.00. The normalized spacial score (nSPS) is 10.8. The van der Waals surface area contributed by atoms with E-state index in [-0.39, 0.29) is 0 Å². The van der Waals surface area contributed by atoms with Gasteiger partial charge in [0.15, 0.2) is 0 Å². The highest BCUT2D eigenvalue weighted by atomic mass is 35.5. The Morgan fingerprint density at radius 3 is 2.47 bits per heavy atom. The summed E-state index contributed by atoms with van der Waals surface area (Å²) in [6.07, 6.45) is 0. The molecule has 3 aromatic rings. The molecule has 96 valence electrons. The summed E-state index contributed by atoms with van der Waals surface area (Å²) < 4.78 is 1.21. The molecule has 0 bridgehead atoms. The second kappa shape index (κ2) is 5.41. The lowest BCUT2D eigenvalue weighted by Crippen LogP contribution is -1.98. The predicted octanol–water partition coefficient (Wildman–Crippen LogP) is 5.82. The first-order chi connectivity index (χ1) is 9.25. The Hall–Kier alpha value is -1.22. The fourth-order valence-corrected chi connectivity index (χ4v) is 3.60. The minimum Gasteiger partial charge on any atom is -0.379 e. The van der Waals surface area contributed by atoms with Crippen molar-refractivity contribution in [1.82, 2.24) is 0 Å². The maximum absolute atomic E-state index is 6.40. The van der Waals surface area contributed by atoms with Crippen LogP contribution in [0.3, 0.4) is 0 Å². The van der Waals surface area contributed by atoms with Crippen LogP contribution in [0.5, 0.6) is 0 Å². The van der Waals surface area contributed by atoms with Gasteiger partial charge in [-0.25, -0.2) is 0 Å². The van der Waals surface area contributed by atoms with Gasteiger partial charge in [0, 0.05) is 15.0 Å². The van der Waals surface area contributed by atoms with Gasteiger partial charge in [-0.1, -0.05) is 53.5 Å². The van der Waals surface area contributed by atoms with Crippen LogP contribution in [0.25, 0.3) is 10.1 Å². The third kappa shape index (κ3) is 2.57. The fraction of sp³-hybridized carbons (Fsp3) is 0.0667. The molecule has 1 aromatic heterocycles. The molecule has 0 saturated heterocycles. The van der Waals surface area contributed by atoms with Gasteiger partial charge in [-0.2, -0.15) is 0 Å². The molecule has 0 atom stereocenters. The molecule has 2 aromatic carbocycles. The molecular weight excluding hydrogens is 297 g/mol. The number of rotatable bonds is 3. The van der Waals surface area contributed by atoms with Crippen molar-refractivity contribution in [3.63, 3.8) is 0 Å². The van der Waals surface area contributed by atoms with E-state index in [1.165, 1.54) is 4.70 Å². The molecule has 1 N–H and O–H groups in total. The van der Waals surface area contributed by atoms with Crippen LogP contribution >= 0.6 is 34.5 Å². The number of anilines is 1. The molecule has 1 heterocycles. The summed E-state index contributed by atoms with van der Waals surface area (Å²) in [6.45, 7) is 0.682. The zero-order chi connectivity index (χ0) is 13.2. The first-order valence-electron chi connectivity index (χ1n) is 5.90. The minimum atomic E-state index is 0.682. The van der Waals surface area contributed by atoms with Gasteiger partial charge < -0.3 is 5.32 Å². The number of halogens is 2. The Kier molecular flexibility index (Phi) is 3.65. The molecule has 0 aliphatic heterocycles. The van der Waals surface area contributed by atoms with Crippen molar-refractivity contribution in [3.05, 3.63) is 63.5 Å². The number of hydrogen-bond acceptors (Lipinski definition) is 2. The highest BCUT2D eigenvalue weighted by Crippen LogP contribution is 2.35. The molecule has 4 heteroatoms. The molecular formula is C15H11Cl2NS. The maximum atomic E-state index is 6.40. The average Bonchev–Trinajstić information content (AvgIpc) is 2.75. The smallest absolute Gasteiger partial charge is 0.0642 e. The van der Waals surface area contributed by atoms with Crippen molar-refractivity contribution in [1.29, 1.82) is 0 Å². The van der Waals surface area contributed by atoms with E-state index < -0.39 is 0 Å². The van der Waals surface area contributed by atoms with Crippen molar-refractivity contribution >= 4 is 50.3 Å². The second-order valence-corrected chi connectivity index (χ2v) is 6.09. The molecule has 19 heavy (non-hydrogen) atoms. The van der Waals surface area contributed by atoms with Gasteiger partial charge in [-0.05, 0) is 18.2 Å². The van der Waals surface area contributed by atoms with Gasteiger partial charge in [-0.3, -0.25) is 0 Å². The van der Waals surface area contributed by atoms with Crippen LogP contribution in [0.15, 0.2) is 48.5 Å². The number of benzene rings is 2. The zero-order valence-corrected chi connectivity index (χ0v) is 12.3. The first kappa shape index (κ1) is 12.8. The van der Waals surface area contributed by atoms with Gasteiger partial charge in [0.2, 0.25) is 0 Å². The van der Waals surface area contributed by atoms with Crippen LogP contribution in [0, 0.1) is 0 Å². The largest absolute Gasteiger partial charge is 0.379 e. The number of hydrogen-bond donors (Lipinski definition) is 1. The third-order valence-corrected chi connectivity index (χ3v) is 4.96. The van der Waals surface area contributed by atoms with Crippen LogP contribution < -0.4 is 5.32 Å². The molecule has 3 rings (SSSR count). The van der Waals surface area contributed by atoms with Gasteiger partial charge in [0.1, 0.15) is 0 Å². The molecule has 0 amide bonds. The zero-order valence-electron chi connectivity index (χ0n) is 9.99. The van der Waals surface area contributed by atoms with Gasteiger partial charge in [-0.15, -0.1) is 11.3 Å². The van der Waals surface area contributed by atoms with Crippen LogP contribution in [0.4, 0.5) is 5.69 Å². The number of fused-ring (bicyclic) bond motifs is 1. The summed E-state index contributed by atoms with van der Waals surface area (Å²) in [5.41, 5.74) is 0.928. The topological polar surface area (TPSA) is 12.0 Å². The van der Waals surface area contributed by atoms with E-state index in [2.05, 4.69) is 11.4 Å². The predicted molar refractivity (Wildman–Crippen MR) is 85.6 cm³/mol. The molecule has 0 aliphatic carbocycles. The summed E-state index contributed by atoms with van der Waals surface area (Å²) in [7, 11) is 0. The third-order valence-electron chi connectivity index (χ3n) is 2.91. The van der Waals surface area contributed by atoms with Crippen LogP contribution in [0.2, 0.25) is 10.0 Å². The minimum absolute atomic E-state index is 0.682. The van der Waals surface area contributed by atoms with Crippen molar-refractivity contribution in [2.24, 2.45) is 0 Å². The lowest BCUT2D eigenvalue weighted by atomic mass is 10.2. The summed E-state index contributed by atoms with van der Waals surface area (Å²) in [4.78, 5) is 1.13. The first-order valence-corrected chi connectivity index (χ1v) is 7.47. The van der Waals surface area contributed by atoms with Crippen molar-refractivity contribution in [3.8, 4) is 0 Å². The van der Waals surface area contributed by atoms with Crippen LogP contribution in [-0.2, 0) is 6.54 Å². The van der Waals surface area contributed by atoms with Crippen molar-refractivity contribution in [2.45, 2.75) is 6.54 Å². The molecule has 1 nitrogen and oxygen atoms in total. The molecule has 0 spiro atoms. The van der Waals surface area contributed by atoms with Crippen molar-refractivity contribution in [2.75, 3.05) is 5.32 Å². The number of nitrogens with one attached hydrogen (secondary N) is 1. The second-order valence-electron chi connectivity index (χ2n) is 4.17. The fourth-order valence-electron chi connectivity index (χ4n) is 1.96. The van der Waals surface area contributed by atoms with Crippen molar-refractivity contribution < 1.29 is 0 Å². The van der Waals surface area contributed by atoms with Gasteiger partial charge >= 0.3 is 0 Å². The SMILES string of the molecule is Clc1ccccc1NCc1sc2ccccc2c1Cl. The van der Waals surface area contributed by atoms with Gasteiger partial charge in [0.05, 0.1) is 22.3 Å². The Balaban J connectivity index is 1.86. The number of thiophene rings is 1. The van der Waals surface area contributed by atoms with E-state index in [1.54, 1.807) is 11.3 Å². The number of para-hydroxylation sites is 1. The lowest BCUT2D eigenvalue weighted by molar-refractivity contribution is 1.19. The van der Waals surface area contributed by atoms with Crippen LogP contribution in [0.1, 0.15) is 4.88 Å².